The van der Waals surface area contributed by atoms with E-state index in [9.17, 15) is 14.4 Å². The molecule has 0 bridgehead atoms. The molecule has 1 aromatic carbocycles. The van der Waals surface area contributed by atoms with Crippen LogP contribution in [0.4, 0.5) is 10.6 Å². The molecular formula is C28H42N8O3. The van der Waals surface area contributed by atoms with E-state index in [2.05, 4.69) is 22.2 Å². The molecule has 1 saturated heterocycles. The van der Waals surface area contributed by atoms with Crippen LogP contribution >= 0.6 is 0 Å². The van der Waals surface area contributed by atoms with Gasteiger partial charge in [-0.25, -0.2) is 9.59 Å². The Morgan fingerprint density at radius 3 is 2.33 bits per heavy atom. The molecule has 1 aliphatic carbocycles. The van der Waals surface area contributed by atoms with Gasteiger partial charge in [-0.2, -0.15) is 4.98 Å². The normalized spacial score (nSPS) is 19.9. The summed E-state index contributed by atoms with van der Waals surface area (Å²) < 4.78 is 1.45. The molecule has 11 nitrogen and oxygen atoms in total. The minimum Gasteiger partial charge on any atom is -0.338 e. The van der Waals surface area contributed by atoms with Crippen molar-refractivity contribution in [2.24, 2.45) is 17.4 Å². The van der Waals surface area contributed by atoms with Crippen molar-refractivity contribution in [3.05, 3.63) is 52.6 Å². The second kappa shape index (κ2) is 12.3. The van der Waals surface area contributed by atoms with Crippen molar-refractivity contribution < 1.29 is 9.59 Å². The molecule has 0 spiro atoms. The van der Waals surface area contributed by atoms with Crippen molar-refractivity contribution in [3.8, 4) is 5.69 Å². The van der Waals surface area contributed by atoms with Crippen molar-refractivity contribution in [1.29, 1.82) is 0 Å². The van der Waals surface area contributed by atoms with Crippen LogP contribution in [0.5, 0.6) is 0 Å². The summed E-state index contributed by atoms with van der Waals surface area (Å²) in [5, 5.41) is 2.69. The molecule has 2 aromatic rings. The molecule has 4 rings (SSSR count). The van der Waals surface area contributed by atoms with Gasteiger partial charge in [-0.3, -0.25) is 14.7 Å². The number of amides is 3. The number of rotatable bonds is 8. The van der Waals surface area contributed by atoms with E-state index >= 15 is 0 Å². The summed E-state index contributed by atoms with van der Waals surface area (Å²) in [6, 6.07) is 9.77. The van der Waals surface area contributed by atoms with E-state index in [0.717, 1.165) is 19.5 Å². The van der Waals surface area contributed by atoms with Crippen LogP contribution in [0.2, 0.25) is 0 Å². The van der Waals surface area contributed by atoms with Gasteiger partial charge in [0.2, 0.25) is 5.91 Å². The minimum atomic E-state index is -0.945. The summed E-state index contributed by atoms with van der Waals surface area (Å²) in [6.07, 6.45) is 6.17. The van der Waals surface area contributed by atoms with E-state index in [0.29, 0.717) is 43.8 Å². The third kappa shape index (κ3) is 7.23. The molecule has 2 unspecified atom stereocenters. The third-order valence-corrected chi connectivity index (χ3v) is 7.88. The highest BCUT2D eigenvalue weighted by atomic mass is 16.2. The monoisotopic (exact) mass is 538 g/mol. The van der Waals surface area contributed by atoms with Gasteiger partial charge in [0.15, 0.2) is 0 Å². The molecule has 1 aromatic heterocycles. The molecule has 11 heteroatoms. The van der Waals surface area contributed by atoms with Gasteiger partial charge in [0.25, 0.3) is 0 Å². The summed E-state index contributed by atoms with van der Waals surface area (Å²) >= 11 is 0. The van der Waals surface area contributed by atoms with E-state index in [1.165, 1.54) is 29.4 Å². The Kier molecular flexibility index (Phi) is 9.04. The van der Waals surface area contributed by atoms with Crippen LogP contribution in [0.1, 0.15) is 38.7 Å². The van der Waals surface area contributed by atoms with Crippen LogP contribution in [-0.4, -0.2) is 94.1 Å². The van der Waals surface area contributed by atoms with Crippen LogP contribution in [-0.2, 0) is 11.2 Å². The summed E-state index contributed by atoms with van der Waals surface area (Å²) in [5.41, 5.74) is 12.2. The number of carbonyl (C=O) groups is 2. The quantitative estimate of drug-likeness (QED) is 0.459. The van der Waals surface area contributed by atoms with Gasteiger partial charge in [-0.15, -0.1) is 0 Å². The van der Waals surface area contributed by atoms with E-state index < -0.39 is 11.2 Å². The first kappa shape index (κ1) is 28.7. The second-order valence-corrected chi connectivity index (χ2v) is 11.4. The van der Waals surface area contributed by atoms with Gasteiger partial charge in [0.1, 0.15) is 5.82 Å². The van der Waals surface area contributed by atoms with Crippen molar-refractivity contribution in [2.45, 2.75) is 51.1 Å². The number of nitrogens with zero attached hydrogens (tertiary/aromatic N) is 5. The average molecular weight is 539 g/mol. The van der Waals surface area contributed by atoms with Crippen molar-refractivity contribution in [3.63, 3.8) is 0 Å². The molecular weight excluding hydrogens is 496 g/mol. The predicted octanol–water partition coefficient (Wildman–Crippen LogP) is 1.25. The molecule has 0 radical (unpaired) electrons. The van der Waals surface area contributed by atoms with Gasteiger partial charge in [0, 0.05) is 45.0 Å². The first-order valence-electron chi connectivity index (χ1n) is 13.8. The third-order valence-electron chi connectivity index (χ3n) is 7.88. The predicted molar refractivity (Wildman–Crippen MR) is 152 cm³/mol. The summed E-state index contributed by atoms with van der Waals surface area (Å²) in [5.74, 6) is 0.699. The standard InChI is InChI=1S/C28H42N8O3/c1-28(2,30)25(37)34-14-16-35(17-15-34)26(38)31-24-11-13-36(27(39)32-24)22-7-4-20(5-8-22)10-12-33(3)23-9-6-21(18-23)19-29/h4-5,7-8,11,13,21,23H,6,9-10,12,14-19,29-30H2,1-3H3,(H,31,32,38,39). The maximum atomic E-state index is 12.7. The van der Waals surface area contributed by atoms with Crippen LogP contribution in [0.15, 0.2) is 41.3 Å². The molecule has 2 fully saturated rings. The Balaban J connectivity index is 1.28. The Hall–Kier alpha value is -3.28. The Morgan fingerprint density at radius 2 is 1.74 bits per heavy atom. The molecule has 1 aliphatic heterocycles. The number of urea groups is 1. The number of anilines is 1. The summed E-state index contributed by atoms with van der Waals surface area (Å²) in [6.45, 7) is 6.67. The van der Waals surface area contributed by atoms with Crippen LogP contribution in [0, 0.1) is 5.92 Å². The molecule has 2 heterocycles. The number of likely N-dealkylation sites (N-methyl/N-ethyl adjacent to an activating group) is 1. The SMILES string of the molecule is CN(CCc1ccc(-n2ccc(NC(=O)N3CCN(C(=O)C(C)(C)N)CC3)nc2=O)cc1)C1CCC(CN)C1. The molecule has 3 amide bonds. The van der Waals surface area contributed by atoms with Crippen molar-refractivity contribution in [2.75, 3.05) is 51.6 Å². The lowest BCUT2D eigenvalue weighted by atomic mass is 10.1. The number of hydrogen-bond acceptors (Lipinski definition) is 7. The fraction of sp³-hybridized carbons (Fsp3) is 0.571. The number of nitrogens with one attached hydrogen (secondary N) is 1. The number of piperazine rings is 1. The maximum Gasteiger partial charge on any atom is 0.354 e. The molecule has 2 aliphatic rings. The first-order valence-corrected chi connectivity index (χ1v) is 13.8. The lowest BCUT2D eigenvalue weighted by Gasteiger charge is -2.37. The number of benzene rings is 1. The molecule has 212 valence electrons. The number of aromatic nitrogens is 2. The smallest absolute Gasteiger partial charge is 0.338 e. The Morgan fingerprint density at radius 1 is 1.08 bits per heavy atom. The fourth-order valence-corrected chi connectivity index (χ4v) is 5.35. The Labute approximate surface area is 230 Å². The Bertz CT molecular complexity index is 1200. The first-order chi connectivity index (χ1) is 18.5. The maximum absolute atomic E-state index is 12.7. The van der Waals surface area contributed by atoms with Gasteiger partial charge in [-0.1, -0.05) is 12.1 Å². The van der Waals surface area contributed by atoms with Gasteiger partial charge in [0.05, 0.1) is 11.2 Å². The number of carbonyl (C=O) groups excluding carboxylic acids is 2. The topological polar surface area (TPSA) is 143 Å². The summed E-state index contributed by atoms with van der Waals surface area (Å²) in [4.78, 5) is 47.5. The number of hydrogen-bond donors (Lipinski definition) is 3. The zero-order valence-electron chi connectivity index (χ0n) is 23.3. The zero-order valence-corrected chi connectivity index (χ0v) is 23.3. The second-order valence-electron chi connectivity index (χ2n) is 11.4. The highest BCUT2D eigenvalue weighted by Gasteiger charge is 2.31. The molecule has 2 atom stereocenters. The fourth-order valence-electron chi connectivity index (χ4n) is 5.35. The lowest BCUT2D eigenvalue weighted by molar-refractivity contribution is -0.137. The van der Waals surface area contributed by atoms with E-state index in [1.807, 2.05) is 24.3 Å². The van der Waals surface area contributed by atoms with Crippen molar-refractivity contribution in [1.82, 2.24) is 24.3 Å². The lowest BCUT2D eigenvalue weighted by Crippen LogP contribution is -2.58. The zero-order chi connectivity index (χ0) is 28.2. The van der Waals surface area contributed by atoms with E-state index in [1.54, 1.807) is 35.9 Å². The van der Waals surface area contributed by atoms with Crippen LogP contribution < -0.4 is 22.5 Å². The van der Waals surface area contributed by atoms with Crippen LogP contribution in [0.25, 0.3) is 5.69 Å². The summed E-state index contributed by atoms with van der Waals surface area (Å²) in [7, 11) is 2.19. The molecule has 39 heavy (non-hydrogen) atoms. The average Bonchev–Trinajstić information content (AvgIpc) is 3.41. The molecule has 1 saturated carbocycles. The highest BCUT2D eigenvalue weighted by molar-refractivity contribution is 5.89. The van der Waals surface area contributed by atoms with Gasteiger partial charge in [-0.05, 0) is 82.8 Å². The van der Waals surface area contributed by atoms with Gasteiger partial charge < -0.3 is 26.2 Å². The van der Waals surface area contributed by atoms with E-state index in [4.69, 9.17) is 11.5 Å². The largest absolute Gasteiger partial charge is 0.354 e. The minimum absolute atomic E-state index is 0.140. The van der Waals surface area contributed by atoms with Crippen molar-refractivity contribution >= 4 is 17.8 Å². The number of nitrogens with two attached hydrogens (primary N) is 2. The van der Waals surface area contributed by atoms with Crippen LogP contribution in [0.3, 0.4) is 0 Å². The molecule has 5 N–H and O–H groups in total. The van der Waals surface area contributed by atoms with E-state index in [-0.39, 0.29) is 17.8 Å². The highest BCUT2D eigenvalue weighted by Crippen LogP contribution is 2.28. The van der Waals surface area contributed by atoms with Gasteiger partial charge >= 0.3 is 11.7 Å².